The Bertz CT molecular complexity index is 885. The molecule has 0 unspecified atom stereocenters. The molecule has 0 saturated heterocycles. The molecule has 0 aliphatic rings. The van der Waals surface area contributed by atoms with Crippen molar-refractivity contribution in [2.45, 2.75) is 4.90 Å². The van der Waals surface area contributed by atoms with Gasteiger partial charge in [-0.2, -0.15) is 13.5 Å². The molecule has 23 heavy (non-hydrogen) atoms. The van der Waals surface area contributed by atoms with E-state index in [2.05, 4.69) is 5.10 Å². The summed E-state index contributed by atoms with van der Waals surface area (Å²) in [6, 6.07) is 6.58. The molecule has 2 aromatic rings. The van der Waals surface area contributed by atoms with Crippen molar-refractivity contribution in [1.82, 2.24) is 4.83 Å². The van der Waals surface area contributed by atoms with Crippen LogP contribution in [0.5, 0.6) is 5.75 Å². The van der Waals surface area contributed by atoms with E-state index in [1.807, 2.05) is 4.83 Å². The number of nitrogens with zero attached hydrogens (tertiary/aromatic N) is 1. The fourth-order valence-corrected chi connectivity index (χ4v) is 3.53. The van der Waals surface area contributed by atoms with E-state index >= 15 is 0 Å². The van der Waals surface area contributed by atoms with Crippen molar-refractivity contribution in [3.8, 4) is 5.75 Å². The van der Waals surface area contributed by atoms with Gasteiger partial charge < -0.3 is 5.11 Å². The summed E-state index contributed by atoms with van der Waals surface area (Å²) in [6.45, 7) is 0. The molecule has 0 aliphatic heterocycles. The van der Waals surface area contributed by atoms with Gasteiger partial charge in [-0.1, -0.05) is 46.4 Å². The average Bonchev–Trinajstić information content (AvgIpc) is 2.46. The zero-order valence-corrected chi connectivity index (χ0v) is 14.9. The Hall–Kier alpha value is -1.18. The number of aromatic hydroxyl groups is 1. The molecule has 2 aromatic carbocycles. The van der Waals surface area contributed by atoms with Crippen LogP contribution in [0, 0.1) is 0 Å². The summed E-state index contributed by atoms with van der Waals surface area (Å²) in [7, 11) is -4.06. The van der Waals surface area contributed by atoms with E-state index < -0.39 is 10.0 Å². The lowest BCUT2D eigenvalue weighted by Gasteiger charge is -2.07. The summed E-state index contributed by atoms with van der Waals surface area (Å²) >= 11 is 23.2. The van der Waals surface area contributed by atoms with Gasteiger partial charge in [0.25, 0.3) is 10.0 Å². The number of phenolic OH excluding ortho intramolecular Hbond substituents is 1. The number of benzene rings is 2. The van der Waals surface area contributed by atoms with Gasteiger partial charge in [0, 0.05) is 10.6 Å². The second-order valence-electron chi connectivity index (χ2n) is 4.25. The maximum Gasteiger partial charge on any atom is 0.278 e. The molecule has 0 spiro atoms. The predicted molar refractivity (Wildman–Crippen MR) is 92.5 cm³/mol. The molecule has 0 fully saturated rings. The van der Waals surface area contributed by atoms with Crippen LogP contribution in [0.15, 0.2) is 40.3 Å². The molecule has 0 aromatic heterocycles. The highest BCUT2D eigenvalue weighted by Gasteiger charge is 2.19. The fourth-order valence-electron chi connectivity index (χ4n) is 1.55. The van der Waals surface area contributed by atoms with Crippen LogP contribution in [0.25, 0.3) is 0 Å². The molecule has 0 amide bonds. The van der Waals surface area contributed by atoms with Gasteiger partial charge in [-0.25, -0.2) is 4.83 Å². The summed E-state index contributed by atoms with van der Waals surface area (Å²) in [5, 5.41) is 13.6. The molecule has 122 valence electrons. The number of hydrogen-bond acceptors (Lipinski definition) is 4. The average molecular weight is 414 g/mol. The first kappa shape index (κ1) is 18.2. The molecule has 5 nitrogen and oxygen atoms in total. The molecule has 0 aliphatic carbocycles. The molecule has 0 heterocycles. The van der Waals surface area contributed by atoms with Gasteiger partial charge in [-0.15, -0.1) is 0 Å². The van der Waals surface area contributed by atoms with E-state index in [-0.39, 0.29) is 31.3 Å². The van der Waals surface area contributed by atoms with Crippen molar-refractivity contribution in [3.63, 3.8) is 0 Å². The number of hydrogen-bond donors (Lipinski definition) is 2. The van der Waals surface area contributed by atoms with Crippen LogP contribution < -0.4 is 4.83 Å². The maximum atomic E-state index is 12.2. The van der Waals surface area contributed by atoms with E-state index in [0.717, 1.165) is 12.3 Å². The third kappa shape index (κ3) is 4.43. The molecule has 2 rings (SSSR count). The summed E-state index contributed by atoms with van der Waals surface area (Å²) in [5.41, 5.74) is 0.237. The van der Waals surface area contributed by atoms with Gasteiger partial charge >= 0.3 is 0 Å². The lowest BCUT2D eigenvalue weighted by Crippen LogP contribution is -2.18. The van der Waals surface area contributed by atoms with Gasteiger partial charge in [0.1, 0.15) is 10.6 Å². The predicted octanol–water partition coefficient (Wildman–Crippen LogP) is 4.32. The van der Waals surface area contributed by atoms with E-state index in [0.29, 0.717) is 5.02 Å². The van der Waals surface area contributed by atoms with Crippen LogP contribution in [0.3, 0.4) is 0 Å². The van der Waals surface area contributed by atoms with Crippen molar-refractivity contribution in [1.29, 1.82) is 0 Å². The van der Waals surface area contributed by atoms with Crippen LogP contribution in [0.4, 0.5) is 0 Å². The third-order valence-corrected chi connectivity index (χ3v) is 5.27. The van der Waals surface area contributed by atoms with Gasteiger partial charge in [0.05, 0.1) is 21.3 Å². The quantitative estimate of drug-likeness (QED) is 0.445. The minimum absolute atomic E-state index is 0.0351. The van der Waals surface area contributed by atoms with Crippen molar-refractivity contribution in [2.75, 3.05) is 0 Å². The molecular formula is C13H8Cl4N2O3S. The van der Waals surface area contributed by atoms with Gasteiger partial charge in [0.2, 0.25) is 0 Å². The molecule has 0 bridgehead atoms. The van der Waals surface area contributed by atoms with Crippen molar-refractivity contribution >= 4 is 62.6 Å². The van der Waals surface area contributed by atoms with E-state index in [9.17, 15) is 13.5 Å². The normalized spacial score (nSPS) is 11.8. The first-order chi connectivity index (χ1) is 10.7. The van der Waals surface area contributed by atoms with Crippen LogP contribution in [0.2, 0.25) is 20.1 Å². The van der Waals surface area contributed by atoms with Crippen molar-refractivity contribution in [3.05, 3.63) is 56.0 Å². The first-order valence-corrected chi connectivity index (χ1v) is 8.88. The fraction of sp³-hybridized carbons (Fsp3) is 0. The summed E-state index contributed by atoms with van der Waals surface area (Å²) in [6.07, 6.45) is 1.10. The number of phenols is 1. The highest BCUT2D eigenvalue weighted by atomic mass is 35.5. The van der Waals surface area contributed by atoms with Gasteiger partial charge in [0.15, 0.2) is 0 Å². The van der Waals surface area contributed by atoms with Crippen molar-refractivity contribution in [2.24, 2.45) is 5.10 Å². The highest BCUT2D eigenvalue weighted by molar-refractivity contribution is 7.89. The van der Waals surface area contributed by atoms with Crippen LogP contribution in [-0.4, -0.2) is 19.7 Å². The monoisotopic (exact) mass is 412 g/mol. The van der Waals surface area contributed by atoms with Crippen LogP contribution in [0.1, 0.15) is 5.56 Å². The molecule has 0 saturated carbocycles. The molecule has 2 N–H and O–H groups in total. The van der Waals surface area contributed by atoms with Crippen LogP contribution in [-0.2, 0) is 10.0 Å². The lowest BCUT2D eigenvalue weighted by molar-refractivity contribution is 0.474. The Morgan fingerprint density at radius 3 is 2.35 bits per heavy atom. The Morgan fingerprint density at radius 2 is 1.65 bits per heavy atom. The standard InChI is InChI=1S/C13H8Cl4N2O3S/c14-8-1-2-12(20)7(3-8)6-18-19-23(21,22)13-5-10(16)9(15)4-11(13)17/h1-6,19-20H/b18-6+. The molecule has 10 heteroatoms. The van der Waals surface area contributed by atoms with E-state index in [1.54, 1.807) is 0 Å². The largest absolute Gasteiger partial charge is 0.507 e. The first-order valence-electron chi connectivity index (χ1n) is 5.88. The highest BCUT2D eigenvalue weighted by Crippen LogP contribution is 2.31. The second-order valence-corrected chi connectivity index (χ2v) is 7.54. The topological polar surface area (TPSA) is 78.8 Å². The maximum absolute atomic E-state index is 12.2. The number of hydrazone groups is 1. The van der Waals surface area contributed by atoms with Gasteiger partial charge in [-0.3, -0.25) is 0 Å². The summed E-state index contributed by atoms with van der Waals surface area (Å²) < 4.78 is 24.3. The second kappa shape index (κ2) is 7.15. The Morgan fingerprint density at radius 1 is 1.00 bits per heavy atom. The number of nitrogens with one attached hydrogen (secondary N) is 1. The van der Waals surface area contributed by atoms with E-state index in [1.165, 1.54) is 24.3 Å². The summed E-state index contributed by atoms with van der Waals surface area (Å²) in [5.74, 6) is -0.107. The zero-order valence-electron chi connectivity index (χ0n) is 11.1. The molecular weight excluding hydrogens is 406 g/mol. The number of sulfonamides is 1. The molecule has 0 radical (unpaired) electrons. The summed E-state index contributed by atoms with van der Waals surface area (Å²) in [4.78, 5) is 1.68. The minimum Gasteiger partial charge on any atom is -0.507 e. The van der Waals surface area contributed by atoms with Gasteiger partial charge in [-0.05, 0) is 30.3 Å². The Balaban J connectivity index is 2.27. The lowest BCUT2D eigenvalue weighted by atomic mass is 10.2. The Labute approximate surface area is 152 Å². The smallest absolute Gasteiger partial charge is 0.278 e. The van der Waals surface area contributed by atoms with Crippen molar-refractivity contribution < 1.29 is 13.5 Å². The third-order valence-electron chi connectivity index (χ3n) is 2.63. The van der Waals surface area contributed by atoms with Crippen LogP contribution >= 0.6 is 46.4 Å². The Kier molecular flexibility index (Phi) is 5.65. The molecule has 0 atom stereocenters. The zero-order chi connectivity index (χ0) is 17.2. The minimum atomic E-state index is -4.06. The van der Waals surface area contributed by atoms with E-state index in [4.69, 9.17) is 46.4 Å². The number of halogens is 4. The SMILES string of the molecule is O=S(=O)(N/N=C/c1cc(Cl)ccc1O)c1cc(Cl)c(Cl)cc1Cl. The number of rotatable bonds is 4.